The van der Waals surface area contributed by atoms with Crippen LogP contribution in [0, 0.1) is 5.92 Å². The highest BCUT2D eigenvalue weighted by atomic mass is 35.5. The number of nitrogen functional groups attached to an aromatic ring is 1. The lowest BCUT2D eigenvalue weighted by atomic mass is 9.85. The molecule has 1 aromatic rings. The SMILES string of the molecule is CCN(CC1CCC1)C(=O)c1cccc(Cl)c1N. The Balaban J connectivity index is 2.14. The molecule has 0 radical (unpaired) electrons. The van der Waals surface area contributed by atoms with Crippen molar-refractivity contribution in [3.63, 3.8) is 0 Å². The summed E-state index contributed by atoms with van der Waals surface area (Å²) >= 11 is 5.95. The summed E-state index contributed by atoms with van der Waals surface area (Å²) < 4.78 is 0. The smallest absolute Gasteiger partial charge is 0.255 e. The molecule has 0 aliphatic heterocycles. The molecule has 1 amide bonds. The number of nitrogens with zero attached hydrogens (tertiary/aromatic N) is 1. The van der Waals surface area contributed by atoms with E-state index in [9.17, 15) is 4.79 Å². The molecule has 0 atom stereocenters. The Morgan fingerprint density at radius 3 is 2.78 bits per heavy atom. The van der Waals surface area contributed by atoms with Crippen molar-refractivity contribution in [2.45, 2.75) is 26.2 Å². The first kappa shape index (κ1) is 13.2. The average molecular weight is 267 g/mol. The van der Waals surface area contributed by atoms with Crippen LogP contribution < -0.4 is 5.73 Å². The predicted octanol–water partition coefficient (Wildman–Crippen LogP) is 3.18. The fraction of sp³-hybridized carbons (Fsp3) is 0.500. The summed E-state index contributed by atoms with van der Waals surface area (Å²) in [6.07, 6.45) is 3.75. The minimum Gasteiger partial charge on any atom is -0.397 e. The Labute approximate surface area is 113 Å². The molecule has 0 spiro atoms. The summed E-state index contributed by atoms with van der Waals surface area (Å²) in [6.45, 7) is 3.54. The highest BCUT2D eigenvalue weighted by Gasteiger charge is 2.24. The van der Waals surface area contributed by atoms with Gasteiger partial charge in [0.1, 0.15) is 0 Å². The second-order valence-electron chi connectivity index (χ2n) is 4.84. The number of rotatable bonds is 4. The Bertz CT molecular complexity index is 443. The third-order valence-electron chi connectivity index (χ3n) is 3.66. The van der Waals surface area contributed by atoms with E-state index in [1.165, 1.54) is 19.3 Å². The summed E-state index contributed by atoms with van der Waals surface area (Å²) in [5.41, 5.74) is 6.78. The first-order valence-electron chi connectivity index (χ1n) is 6.46. The van der Waals surface area contributed by atoms with Crippen molar-refractivity contribution < 1.29 is 4.79 Å². The van der Waals surface area contributed by atoms with E-state index >= 15 is 0 Å². The third kappa shape index (κ3) is 2.61. The van der Waals surface area contributed by atoms with E-state index in [0.29, 0.717) is 28.7 Å². The van der Waals surface area contributed by atoms with Crippen molar-refractivity contribution in [2.24, 2.45) is 5.92 Å². The molecule has 4 heteroatoms. The van der Waals surface area contributed by atoms with E-state index in [1.807, 2.05) is 11.8 Å². The van der Waals surface area contributed by atoms with Crippen LogP contribution in [0.25, 0.3) is 0 Å². The zero-order valence-electron chi connectivity index (χ0n) is 10.7. The standard InChI is InChI=1S/C14H19ClN2O/c1-2-17(9-10-5-3-6-10)14(18)11-7-4-8-12(15)13(11)16/h4,7-8,10H,2-3,5-6,9,16H2,1H3. The Hall–Kier alpha value is -1.22. The number of nitrogens with two attached hydrogens (primary N) is 1. The zero-order valence-corrected chi connectivity index (χ0v) is 11.4. The monoisotopic (exact) mass is 266 g/mol. The van der Waals surface area contributed by atoms with E-state index in [0.717, 1.165) is 6.54 Å². The van der Waals surface area contributed by atoms with E-state index in [1.54, 1.807) is 18.2 Å². The number of hydrogen-bond donors (Lipinski definition) is 1. The highest BCUT2D eigenvalue weighted by molar-refractivity contribution is 6.33. The lowest BCUT2D eigenvalue weighted by molar-refractivity contribution is 0.0707. The van der Waals surface area contributed by atoms with E-state index < -0.39 is 0 Å². The third-order valence-corrected chi connectivity index (χ3v) is 3.99. The van der Waals surface area contributed by atoms with E-state index in [2.05, 4.69) is 0 Å². The number of benzene rings is 1. The van der Waals surface area contributed by atoms with Crippen molar-refractivity contribution in [1.82, 2.24) is 4.90 Å². The van der Waals surface area contributed by atoms with Gasteiger partial charge in [-0.3, -0.25) is 4.79 Å². The van der Waals surface area contributed by atoms with Crippen molar-refractivity contribution in [2.75, 3.05) is 18.8 Å². The zero-order chi connectivity index (χ0) is 13.1. The summed E-state index contributed by atoms with van der Waals surface area (Å²) in [7, 11) is 0. The van der Waals surface area contributed by atoms with Gasteiger partial charge >= 0.3 is 0 Å². The molecule has 0 aromatic heterocycles. The van der Waals surface area contributed by atoms with Gasteiger partial charge in [-0.25, -0.2) is 0 Å². The van der Waals surface area contributed by atoms with Crippen LogP contribution in [0.5, 0.6) is 0 Å². The molecular weight excluding hydrogens is 248 g/mol. The molecule has 0 unspecified atom stereocenters. The molecule has 1 saturated carbocycles. The fourth-order valence-corrected chi connectivity index (χ4v) is 2.41. The second kappa shape index (κ2) is 5.61. The number of anilines is 1. The lowest BCUT2D eigenvalue weighted by Gasteiger charge is -2.32. The van der Waals surface area contributed by atoms with Gasteiger partial charge in [0.15, 0.2) is 0 Å². The van der Waals surface area contributed by atoms with Crippen molar-refractivity contribution in [3.05, 3.63) is 28.8 Å². The van der Waals surface area contributed by atoms with Crippen LogP contribution in [0.2, 0.25) is 5.02 Å². The van der Waals surface area contributed by atoms with Crippen LogP contribution in [0.4, 0.5) is 5.69 Å². The molecule has 0 heterocycles. The second-order valence-corrected chi connectivity index (χ2v) is 5.25. The first-order chi connectivity index (χ1) is 8.63. The van der Waals surface area contributed by atoms with Gasteiger partial charge in [-0.05, 0) is 37.8 Å². The molecular formula is C14H19ClN2O. The van der Waals surface area contributed by atoms with Crippen LogP contribution in [-0.4, -0.2) is 23.9 Å². The number of hydrogen-bond acceptors (Lipinski definition) is 2. The average Bonchev–Trinajstić information content (AvgIpc) is 2.31. The van der Waals surface area contributed by atoms with E-state index in [-0.39, 0.29) is 5.91 Å². The molecule has 2 rings (SSSR count). The molecule has 3 nitrogen and oxygen atoms in total. The number of amides is 1. The summed E-state index contributed by atoms with van der Waals surface area (Å²) in [6, 6.07) is 5.21. The summed E-state index contributed by atoms with van der Waals surface area (Å²) in [5.74, 6) is 0.652. The summed E-state index contributed by atoms with van der Waals surface area (Å²) in [4.78, 5) is 14.3. The Morgan fingerprint density at radius 2 is 2.22 bits per heavy atom. The molecule has 1 aliphatic carbocycles. The van der Waals surface area contributed by atoms with Crippen LogP contribution in [0.15, 0.2) is 18.2 Å². The molecule has 18 heavy (non-hydrogen) atoms. The van der Waals surface area contributed by atoms with E-state index in [4.69, 9.17) is 17.3 Å². The van der Waals surface area contributed by atoms with Gasteiger partial charge in [-0.2, -0.15) is 0 Å². The molecule has 1 aliphatic rings. The maximum atomic E-state index is 12.4. The van der Waals surface area contributed by atoms with Crippen molar-refractivity contribution in [1.29, 1.82) is 0 Å². The van der Waals surface area contributed by atoms with Gasteiger partial charge in [0, 0.05) is 13.1 Å². The number of carbonyl (C=O) groups excluding carboxylic acids is 1. The predicted molar refractivity (Wildman–Crippen MR) is 74.8 cm³/mol. The molecule has 0 bridgehead atoms. The Kier molecular flexibility index (Phi) is 4.12. The van der Waals surface area contributed by atoms with Crippen LogP contribution in [0.3, 0.4) is 0 Å². The quantitative estimate of drug-likeness (QED) is 0.851. The molecule has 1 aromatic carbocycles. The molecule has 2 N–H and O–H groups in total. The highest BCUT2D eigenvalue weighted by Crippen LogP contribution is 2.29. The number of para-hydroxylation sites is 1. The lowest BCUT2D eigenvalue weighted by Crippen LogP contribution is -2.37. The molecule has 98 valence electrons. The first-order valence-corrected chi connectivity index (χ1v) is 6.84. The normalized spacial score (nSPS) is 15.2. The van der Waals surface area contributed by atoms with Gasteiger partial charge in [0.05, 0.1) is 16.3 Å². The minimum absolute atomic E-state index is 0.00981. The fourth-order valence-electron chi connectivity index (χ4n) is 2.24. The number of halogens is 1. The molecule has 1 fully saturated rings. The van der Waals surface area contributed by atoms with Crippen LogP contribution in [-0.2, 0) is 0 Å². The minimum atomic E-state index is -0.00981. The maximum absolute atomic E-state index is 12.4. The Morgan fingerprint density at radius 1 is 1.50 bits per heavy atom. The molecule has 0 saturated heterocycles. The van der Waals surface area contributed by atoms with Crippen LogP contribution in [0.1, 0.15) is 36.5 Å². The van der Waals surface area contributed by atoms with Crippen molar-refractivity contribution in [3.8, 4) is 0 Å². The van der Waals surface area contributed by atoms with Crippen molar-refractivity contribution >= 4 is 23.2 Å². The largest absolute Gasteiger partial charge is 0.397 e. The van der Waals surface area contributed by atoms with Gasteiger partial charge in [0.2, 0.25) is 0 Å². The van der Waals surface area contributed by atoms with Gasteiger partial charge < -0.3 is 10.6 Å². The topological polar surface area (TPSA) is 46.3 Å². The van der Waals surface area contributed by atoms with Gasteiger partial charge in [0.25, 0.3) is 5.91 Å². The van der Waals surface area contributed by atoms with Gasteiger partial charge in [-0.15, -0.1) is 0 Å². The number of carbonyl (C=O) groups is 1. The maximum Gasteiger partial charge on any atom is 0.255 e. The van der Waals surface area contributed by atoms with Crippen LogP contribution >= 0.6 is 11.6 Å². The summed E-state index contributed by atoms with van der Waals surface area (Å²) in [5, 5.41) is 0.445. The van der Waals surface area contributed by atoms with Gasteiger partial charge in [-0.1, -0.05) is 24.1 Å².